The molecule has 0 saturated heterocycles. The van der Waals surface area contributed by atoms with Crippen LogP contribution in [0.25, 0.3) is 11.1 Å². The first-order valence-corrected chi connectivity index (χ1v) is 6.23. The molecular weight excluding hydrogens is 258 g/mol. The summed E-state index contributed by atoms with van der Waals surface area (Å²) in [5.41, 5.74) is 2.11. The minimum Gasteiger partial charge on any atom is -0.438 e. The number of amides is 1. The largest absolute Gasteiger partial charge is 0.438 e. The highest BCUT2D eigenvalue weighted by Crippen LogP contribution is 2.19. The molecule has 0 bridgehead atoms. The van der Waals surface area contributed by atoms with Crippen molar-refractivity contribution in [2.45, 2.75) is 19.9 Å². The lowest BCUT2D eigenvalue weighted by Gasteiger charge is -2.07. The van der Waals surface area contributed by atoms with E-state index in [4.69, 9.17) is 8.94 Å². The summed E-state index contributed by atoms with van der Waals surface area (Å²) in [4.78, 5) is 16.3. The Morgan fingerprint density at radius 3 is 2.85 bits per heavy atom. The standard InChI is InChI=1S/C14H13N3O3/c1-8-7-12(20-17-8)13(18)15-9(2)14-16-10-5-3-4-6-11(10)19-14/h3-7,9H,1-2H3,(H,15,18). The van der Waals surface area contributed by atoms with Gasteiger partial charge in [-0.25, -0.2) is 4.98 Å². The van der Waals surface area contributed by atoms with Crippen LogP contribution in [0.1, 0.15) is 35.1 Å². The number of oxazole rings is 1. The number of rotatable bonds is 3. The number of nitrogens with one attached hydrogen (secondary N) is 1. The highest BCUT2D eigenvalue weighted by molar-refractivity contribution is 5.91. The summed E-state index contributed by atoms with van der Waals surface area (Å²) in [6.07, 6.45) is 0. The van der Waals surface area contributed by atoms with Gasteiger partial charge in [0.2, 0.25) is 11.7 Å². The number of hydrogen-bond acceptors (Lipinski definition) is 5. The van der Waals surface area contributed by atoms with E-state index in [1.807, 2.05) is 24.3 Å². The first kappa shape index (κ1) is 12.4. The zero-order valence-corrected chi connectivity index (χ0v) is 11.1. The second-order valence-electron chi connectivity index (χ2n) is 4.55. The number of benzene rings is 1. The maximum Gasteiger partial charge on any atom is 0.290 e. The van der Waals surface area contributed by atoms with Gasteiger partial charge in [-0.05, 0) is 26.0 Å². The van der Waals surface area contributed by atoms with E-state index in [0.29, 0.717) is 17.2 Å². The van der Waals surface area contributed by atoms with Crippen LogP contribution in [-0.4, -0.2) is 16.0 Å². The number of fused-ring (bicyclic) bond motifs is 1. The predicted octanol–water partition coefficient (Wildman–Crippen LogP) is 2.62. The maximum atomic E-state index is 11.9. The van der Waals surface area contributed by atoms with Crippen molar-refractivity contribution in [3.05, 3.63) is 47.7 Å². The second kappa shape index (κ2) is 4.80. The number of aryl methyl sites for hydroxylation is 1. The molecule has 6 heteroatoms. The lowest BCUT2D eigenvalue weighted by molar-refractivity contribution is 0.0897. The van der Waals surface area contributed by atoms with E-state index in [1.54, 1.807) is 19.9 Å². The lowest BCUT2D eigenvalue weighted by atomic mass is 10.3. The van der Waals surface area contributed by atoms with Crippen molar-refractivity contribution >= 4 is 17.0 Å². The number of aromatic nitrogens is 2. The van der Waals surface area contributed by atoms with Crippen LogP contribution in [0.3, 0.4) is 0 Å². The topological polar surface area (TPSA) is 81.2 Å². The lowest BCUT2D eigenvalue weighted by Crippen LogP contribution is -2.26. The molecule has 2 aromatic heterocycles. The fraction of sp³-hybridized carbons (Fsp3) is 0.214. The van der Waals surface area contributed by atoms with Gasteiger partial charge in [0.1, 0.15) is 11.6 Å². The van der Waals surface area contributed by atoms with Gasteiger partial charge in [0.05, 0.1) is 5.69 Å². The number of para-hydroxylation sites is 2. The molecule has 0 aliphatic rings. The highest BCUT2D eigenvalue weighted by Gasteiger charge is 2.19. The van der Waals surface area contributed by atoms with Gasteiger partial charge in [0, 0.05) is 6.07 Å². The molecule has 20 heavy (non-hydrogen) atoms. The van der Waals surface area contributed by atoms with Crippen LogP contribution in [0, 0.1) is 6.92 Å². The molecule has 1 atom stereocenters. The summed E-state index contributed by atoms with van der Waals surface area (Å²) >= 11 is 0. The van der Waals surface area contributed by atoms with Crippen molar-refractivity contribution in [2.75, 3.05) is 0 Å². The van der Waals surface area contributed by atoms with Gasteiger partial charge in [-0.1, -0.05) is 17.3 Å². The third-order valence-corrected chi connectivity index (χ3v) is 2.88. The van der Waals surface area contributed by atoms with Crippen molar-refractivity contribution < 1.29 is 13.7 Å². The van der Waals surface area contributed by atoms with Crippen LogP contribution >= 0.6 is 0 Å². The average molecular weight is 271 g/mol. The third kappa shape index (κ3) is 2.27. The van der Waals surface area contributed by atoms with Crippen molar-refractivity contribution in [2.24, 2.45) is 0 Å². The maximum absolute atomic E-state index is 11.9. The summed E-state index contributed by atoms with van der Waals surface area (Å²) < 4.78 is 10.5. The van der Waals surface area contributed by atoms with Crippen LogP contribution in [0.5, 0.6) is 0 Å². The van der Waals surface area contributed by atoms with Crippen molar-refractivity contribution in [3.63, 3.8) is 0 Å². The highest BCUT2D eigenvalue weighted by atomic mass is 16.5. The van der Waals surface area contributed by atoms with E-state index in [0.717, 1.165) is 5.52 Å². The molecule has 0 saturated carbocycles. The van der Waals surface area contributed by atoms with E-state index in [1.165, 1.54) is 0 Å². The molecule has 1 N–H and O–H groups in total. The molecule has 1 unspecified atom stereocenters. The quantitative estimate of drug-likeness (QED) is 0.791. The normalized spacial score (nSPS) is 12.5. The smallest absolute Gasteiger partial charge is 0.290 e. The van der Waals surface area contributed by atoms with Gasteiger partial charge in [-0.2, -0.15) is 0 Å². The number of hydrogen-bond donors (Lipinski definition) is 1. The van der Waals surface area contributed by atoms with E-state index in [9.17, 15) is 4.79 Å². The summed E-state index contributed by atoms with van der Waals surface area (Å²) in [5.74, 6) is 0.279. The molecule has 1 aromatic carbocycles. The Hall–Kier alpha value is -2.63. The van der Waals surface area contributed by atoms with Gasteiger partial charge in [0.25, 0.3) is 5.91 Å². The third-order valence-electron chi connectivity index (χ3n) is 2.88. The summed E-state index contributed by atoms with van der Waals surface area (Å²) in [6, 6.07) is 8.66. The molecule has 3 aromatic rings. The zero-order valence-electron chi connectivity index (χ0n) is 11.1. The molecule has 0 radical (unpaired) electrons. The average Bonchev–Trinajstić information content (AvgIpc) is 3.04. The van der Waals surface area contributed by atoms with E-state index in [-0.39, 0.29) is 17.7 Å². The minimum absolute atomic E-state index is 0.172. The van der Waals surface area contributed by atoms with E-state index >= 15 is 0 Å². The zero-order chi connectivity index (χ0) is 14.1. The van der Waals surface area contributed by atoms with Crippen molar-refractivity contribution in [3.8, 4) is 0 Å². The Labute approximate surface area is 114 Å². The molecule has 1 amide bonds. The molecule has 2 heterocycles. The predicted molar refractivity (Wildman–Crippen MR) is 71.1 cm³/mol. The van der Waals surface area contributed by atoms with Gasteiger partial charge < -0.3 is 14.3 Å². The number of nitrogens with zero attached hydrogens (tertiary/aromatic N) is 2. The SMILES string of the molecule is Cc1cc(C(=O)NC(C)c2nc3ccccc3o2)on1. The Kier molecular flexibility index (Phi) is 2.98. The second-order valence-corrected chi connectivity index (χ2v) is 4.55. The minimum atomic E-state index is -0.361. The van der Waals surface area contributed by atoms with Gasteiger partial charge in [0.15, 0.2) is 5.58 Å². The Balaban J connectivity index is 1.78. The van der Waals surface area contributed by atoms with Crippen LogP contribution in [0.15, 0.2) is 39.3 Å². The first-order valence-electron chi connectivity index (χ1n) is 6.23. The van der Waals surface area contributed by atoms with Crippen LogP contribution in [-0.2, 0) is 0 Å². The molecule has 3 rings (SSSR count). The summed E-state index contributed by atoms with van der Waals surface area (Å²) in [7, 11) is 0. The molecule has 0 aliphatic heterocycles. The number of carbonyl (C=O) groups is 1. The van der Waals surface area contributed by atoms with E-state index < -0.39 is 0 Å². The molecule has 0 fully saturated rings. The van der Waals surface area contributed by atoms with Crippen molar-refractivity contribution in [1.82, 2.24) is 15.5 Å². The van der Waals surface area contributed by atoms with Gasteiger partial charge >= 0.3 is 0 Å². The fourth-order valence-electron chi connectivity index (χ4n) is 1.88. The fourth-order valence-corrected chi connectivity index (χ4v) is 1.88. The van der Waals surface area contributed by atoms with Crippen LogP contribution < -0.4 is 5.32 Å². The Bertz CT molecular complexity index is 727. The Morgan fingerprint density at radius 1 is 1.35 bits per heavy atom. The Morgan fingerprint density at radius 2 is 2.15 bits per heavy atom. The van der Waals surface area contributed by atoms with Gasteiger partial charge in [-0.3, -0.25) is 4.79 Å². The number of carbonyl (C=O) groups excluding carboxylic acids is 1. The van der Waals surface area contributed by atoms with Crippen LogP contribution in [0.2, 0.25) is 0 Å². The summed E-state index contributed by atoms with van der Waals surface area (Å²) in [5, 5.41) is 6.44. The molecule has 102 valence electrons. The first-order chi connectivity index (χ1) is 9.63. The van der Waals surface area contributed by atoms with Crippen LogP contribution in [0.4, 0.5) is 0 Å². The van der Waals surface area contributed by atoms with E-state index in [2.05, 4.69) is 15.5 Å². The monoisotopic (exact) mass is 271 g/mol. The summed E-state index contributed by atoms with van der Waals surface area (Å²) in [6.45, 7) is 3.55. The van der Waals surface area contributed by atoms with Gasteiger partial charge in [-0.15, -0.1) is 0 Å². The molecular formula is C14H13N3O3. The van der Waals surface area contributed by atoms with Crippen molar-refractivity contribution in [1.29, 1.82) is 0 Å². The molecule has 0 aliphatic carbocycles. The molecule has 0 spiro atoms. The molecule has 6 nitrogen and oxygen atoms in total.